The summed E-state index contributed by atoms with van der Waals surface area (Å²) in [5.74, 6) is 0. The first-order valence-electron chi connectivity index (χ1n) is 6.44. The Morgan fingerprint density at radius 3 is 2.74 bits per heavy atom. The molecule has 1 heterocycles. The third-order valence-corrected chi connectivity index (χ3v) is 3.70. The molecule has 2 aromatic rings. The molecule has 0 aliphatic heterocycles. The largest absolute Gasteiger partial charge is 0.380 e. The van der Waals surface area contributed by atoms with Gasteiger partial charge in [-0.2, -0.15) is 0 Å². The summed E-state index contributed by atoms with van der Waals surface area (Å²) < 4.78 is 5.30. The van der Waals surface area contributed by atoms with E-state index in [2.05, 4.69) is 42.3 Å². The molecular weight excluding hydrogens is 256 g/mol. The molecule has 102 valence electrons. The molecule has 1 atom stereocenters. The van der Waals surface area contributed by atoms with Crippen LogP contribution >= 0.6 is 11.3 Å². The van der Waals surface area contributed by atoms with Gasteiger partial charge in [0, 0.05) is 24.7 Å². The fraction of sp³-hybridized carbons (Fsp3) is 0.400. The fourth-order valence-corrected chi connectivity index (χ4v) is 2.82. The minimum absolute atomic E-state index is 0.131. The van der Waals surface area contributed by atoms with Gasteiger partial charge in [-0.1, -0.05) is 24.3 Å². The van der Waals surface area contributed by atoms with Crippen molar-refractivity contribution >= 4 is 11.3 Å². The van der Waals surface area contributed by atoms with Crippen molar-refractivity contribution in [2.45, 2.75) is 32.5 Å². The average Bonchev–Trinajstić information content (AvgIpc) is 2.91. The third-order valence-electron chi connectivity index (χ3n) is 2.86. The number of methoxy groups -OCH3 is 1. The van der Waals surface area contributed by atoms with Gasteiger partial charge in [0.2, 0.25) is 0 Å². The Bertz CT molecular complexity index is 497. The number of hydrogen-bond donors (Lipinski definition) is 1. The normalized spacial score (nSPS) is 12.8. The molecule has 1 unspecified atom stereocenters. The van der Waals surface area contributed by atoms with Crippen molar-refractivity contribution in [3.05, 3.63) is 52.0 Å². The van der Waals surface area contributed by atoms with Crippen LogP contribution in [0.5, 0.6) is 0 Å². The summed E-state index contributed by atoms with van der Waals surface area (Å²) in [6, 6.07) is 8.90. The van der Waals surface area contributed by atoms with E-state index in [0.29, 0.717) is 12.6 Å². The number of nitrogens with one attached hydrogen (secondary N) is 1. The third kappa shape index (κ3) is 3.62. The van der Waals surface area contributed by atoms with Crippen LogP contribution in [0.3, 0.4) is 0 Å². The van der Waals surface area contributed by atoms with Crippen LogP contribution in [0.4, 0.5) is 0 Å². The van der Waals surface area contributed by atoms with Crippen molar-refractivity contribution in [2.24, 2.45) is 0 Å². The topological polar surface area (TPSA) is 34.1 Å². The number of nitrogens with zero attached hydrogens (tertiary/aromatic N) is 1. The standard InChI is InChI=1S/C15H20N2OS/c1-11(2)17-14(15-16-8-9-19-15)13-7-5-4-6-12(13)10-18-3/h4-9,11,14,17H,10H2,1-3H3. The molecule has 1 N–H and O–H groups in total. The van der Waals surface area contributed by atoms with Crippen LogP contribution in [-0.4, -0.2) is 18.1 Å². The van der Waals surface area contributed by atoms with Gasteiger partial charge in [-0.25, -0.2) is 4.98 Å². The minimum atomic E-state index is 0.131. The molecule has 0 aliphatic carbocycles. The smallest absolute Gasteiger partial charge is 0.114 e. The van der Waals surface area contributed by atoms with Gasteiger partial charge >= 0.3 is 0 Å². The zero-order chi connectivity index (χ0) is 13.7. The van der Waals surface area contributed by atoms with Gasteiger partial charge in [0.25, 0.3) is 0 Å². The number of aromatic nitrogens is 1. The van der Waals surface area contributed by atoms with Gasteiger partial charge in [-0.05, 0) is 25.0 Å². The number of rotatable bonds is 6. The van der Waals surface area contributed by atoms with E-state index in [1.807, 2.05) is 17.6 Å². The maximum Gasteiger partial charge on any atom is 0.114 e. The van der Waals surface area contributed by atoms with Crippen LogP contribution in [0.1, 0.15) is 36.0 Å². The van der Waals surface area contributed by atoms with Crippen LogP contribution in [0, 0.1) is 0 Å². The lowest BCUT2D eigenvalue weighted by atomic mass is 10.0. The van der Waals surface area contributed by atoms with Gasteiger partial charge in [-0.15, -0.1) is 11.3 Å². The molecule has 0 fully saturated rings. The molecule has 0 amide bonds. The van der Waals surface area contributed by atoms with Crippen molar-refractivity contribution in [3.63, 3.8) is 0 Å². The maximum absolute atomic E-state index is 5.30. The van der Waals surface area contributed by atoms with E-state index in [0.717, 1.165) is 5.01 Å². The van der Waals surface area contributed by atoms with E-state index in [-0.39, 0.29) is 6.04 Å². The first-order valence-corrected chi connectivity index (χ1v) is 7.32. The van der Waals surface area contributed by atoms with Crippen LogP contribution < -0.4 is 5.32 Å². The molecule has 4 heteroatoms. The summed E-state index contributed by atoms with van der Waals surface area (Å²) in [6.45, 7) is 4.93. The Hall–Kier alpha value is -1.23. The van der Waals surface area contributed by atoms with Crippen molar-refractivity contribution in [2.75, 3.05) is 7.11 Å². The lowest BCUT2D eigenvalue weighted by Crippen LogP contribution is -2.29. The molecule has 0 radical (unpaired) electrons. The van der Waals surface area contributed by atoms with Crippen LogP contribution in [-0.2, 0) is 11.3 Å². The Balaban J connectivity index is 2.38. The van der Waals surface area contributed by atoms with Gasteiger partial charge in [0.1, 0.15) is 5.01 Å². The molecule has 0 spiro atoms. The molecule has 2 rings (SSSR count). The van der Waals surface area contributed by atoms with E-state index >= 15 is 0 Å². The number of thiazole rings is 1. The molecule has 1 aromatic carbocycles. The molecule has 0 saturated heterocycles. The monoisotopic (exact) mass is 276 g/mol. The summed E-state index contributed by atoms with van der Waals surface area (Å²) in [4.78, 5) is 4.46. The molecule has 0 aliphatic rings. The van der Waals surface area contributed by atoms with Crippen molar-refractivity contribution in [3.8, 4) is 0 Å². The number of benzene rings is 1. The predicted octanol–water partition coefficient (Wildman–Crippen LogP) is 3.38. The number of ether oxygens (including phenoxy) is 1. The van der Waals surface area contributed by atoms with Gasteiger partial charge in [0.15, 0.2) is 0 Å². The highest BCUT2D eigenvalue weighted by molar-refractivity contribution is 7.09. The van der Waals surface area contributed by atoms with E-state index in [9.17, 15) is 0 Å². The van der Waals surface area contributed by atoms with Crippen LogP contribution in [0.2, 0.25) is 0 Å². The number of hydrogen-bond acceptors (Lipinski definition) is 4. The Labute approximate surface area is 118 Å². The van der Waals surface area contributed by atoms with Crippen LogP contribution in [0.25, 0.3) is 0 Å². The summed E-state index contributed by atoms with van der Waals surface area (Å²) in [6.07, 6.45) is 1.86. The van der Waals surface area contributed by atoms with Gasteiger partial charge in [-0.3, -0.25) is 0 Å². The molecule has 1 aromatic heterocycles. The van der Waals surface area contributed by atoms with Gasteiger partial charge < -0.3 is 10.1 Å². The second kappa shape index (κ2) is 6.80. The van der Waals surface area contributed by atoms with E-state index in [1.165, 1.54) is 11.1 Å². The molecule has 3 nitrogen and oxygen atoms in total. The fourth-order valence-electron chi connectivity index (χ4n) is 2.11. The summed E-state index contributed by atoms with van der Waals surface area (Å²) in [5.41, 5.74) is 2.45. The quantitative estimate of drug-likeness (QED) is 0.878. The average molecular weight is 276 g/mol. The maximum atomic E-state index is 5.30. The highest BCUT2D eigenvalue weighted by Gasteiger charge is 2.20. The van der Waals surface area contributed by atoms with E-state index < -0.39 is 0 Å². The predicted molar refractivity (Wildman–Crippen MR) is 79.4 cm³/mol. The Morgan fingerprint density at radius 2 is 2.11 bits per heavy atom. The Morgan fingerprint density at radius 1 is 1.32 bits per heavy atom. The SMILES string of the molecule is COCc1ccccc1C(NC(C)C)c1nccs1. The minimum Gasteiger partial charge on any atom is -0.380 e. The van der Waals surface area contributed by atoms with E-state index in [1.54, 1.807) is 18.4 Å². The molecule has 0 saturated carbocycles. The second-order valence-electron chi connectivity index (χ2n) is 4.76. The van der Waals surface area contributed by atoms with E-state index in [4.69, 9.17) is 4.74 Å². The zero-order valence-electron chi connectivity index (χ0n) is 11.6. The second-order valence-corrected chi connectivity index (χ2v) is 5.68. The lowest BCUT2D eigenvalue weighted by Gasteiger charge is -2.22. The highest BCUT2D eigenvalue weighted by Crippen LogP contribution is 2.27. The van der Waals surface area contributed by atoms with Crippen LogP contribution in [0.15, 0.2) is 35.8 Å². The Kier molecular flexibility index (Phi) is 5.07. The highest BCUT2D eigenvalue weighted by atomic mass is 32.1. The first kappa shape index (κ1) is 14.2. The van der Waals surface area contributed by atoms with Gasteiger partial charge in [0.05, 0.1) is 12.6 Å². The summed E-state index contributed by atoms with van der Waals surface area (Å²) >= 11 is 1.68. The van der Waals surface area contributed by atoms with Crippen molar-refractivity contribution in [1.29, 1.82) is 0 Å². The molecular formula is C15H20N2OS. The molecule has 0 bridgehead atoms. The van der Waals surface area contributed by atoms with Crippen molar-refractivity contribution in [1.82, 2.24) is 10.3 Å². The van der Waals surface area contributed by atoms with Crippen molar-refractivity contribution < 1.29 is 4.74 Å². The first-order chi connectivity index (χ1) is 9.22. The summed E-state index contributed by atoms with van der Waals surface area (Å²) in [5, 5.41) is 6.70. The zero-order valence-corrected chi connectivity index (χ0v) is 12.4. The summed E-state index contributed by atoms with van der Waals surface area (Å²) in [7, 11) is 1.73. The molecule has 19 heavy (non-hydrogen) atoms. The lowest BCUT2D eigenvalue weighted by molar-refractivity contribution is 0.183.